The van der Waals surface area contributed by atoms with E-state index in [1.165, 1.54) is 18.2 Å². The van der Waals surface area contributed by atoms with E-state index >= 15 is 0 Å². The SMILES string of the molecule is CCCS(=O)(=O)NCCCNC(=O)c1cccc(F)c1. The Balaban J connectivity index is 2.26. The van der Waals surface area contributed by atoms with Crippen LogP contribution in [0.15, 0.2) is 24.3 Å². The first kappa shape index (κ1) is 16.6. The predicted molar refractivity (Wildman–Crippen MR) is 75.4 cm³/mol. The lowest BCUT2D eigenvalue weighted by atomic mass is 10.2. The molecule has 1 aromatic rings. The molecule has 5 nitrogen and oxygen atoms in total. The summed E-state index contributed by atoms with van der Waals surface area (Å²) in [4.78, 5) is 11.6. The molecule has 0 aliphatic carbocycles. The average molecular weight is 302 g/mol. The predicted octanol–water partition coefficient (Wildman–Crippen LogP) is 1.27. The summed E-state index contributed by atoms with van der Waals surface area (Å²) >= 11 is 0. The molecule has 0 unspecified atom stereocenters. The van der Waals surface area contributed by atoms with Gasteiger partial charge in [-0.15, -0.1) is 0 Å². The molecule has 7 heteroatoms. The van der Waals surface area contributed by atoms with E-state index in [1.807, 2.05) is 0 Å². The molecule has 0 radical (unpaired) electrons. The van der Waals surface area contributed by atoms with Crippen LogP contribution in [-0.4, -0.2) is 33.2 Å². The maximum Gasteiger partial charge on any atom is 0.251 e. The average Bonchev–Trinajstić information content (AvgIpc) is 2.38. The Morgan fingerprint density at radius 1 is 1.30 bits per heavy atom. The van der Waals surface area contributed by atoms with Gasteiger partial charge < -0.3 is 5.32 Å². The second kappa shape index (κ2) is 7.96. The maximum absolute atomic E-state index is 12.9. The van der Waals surface area contributed by atoms with Crippen molar-refractivity contribution in [2.75, 3.05) is 18.8 Å². The number of hydrogen-bond acceptors (Lipinski definition) is 3. The minimum absolute atomic E-state index is 0.0999. The van der Waals surface area contributed by atoms with E-state index in [-0.39, 0.29) is 23.8 Å². The van der Waals surface area contributed by atoms with Crippen LogP contribution in [0.5, 0.6) is 0 Å². The summed E-state index contributed by atoms with van der Waals surface area (Å²) in [6.07, 6.45) is 1.04. The lowest BCUT2D eigenvalue weighted by molar-refractivity contribution is 0.0953. The van der Waals surface area contributed by atoms with Crippen LogP contribution in [0.2, 0.25) is 0 Å². The molecule has 20 heavy (non-hydrogen) atoms. The Hall–Kier alpha value is -1.47. The second-order valence-electron chi connectivity index (χ2n) is 4.33. The third kappa shape index (κ3) is 6.12. The Labute approximate surface area is 118 Å². The largest absolute Gasteiger partial charge is 0.352 e. The summed E-state index contributed by atoms with van der Waals surface area (Å²) in [5.74, 6) is -0.742. The molecular formula is C13H19FN2O3S. The van der Waals surface area contributed by atoms with Gasteiger partial charge in [-0.3, -0.25) is 4.79 Å². The molecule has 0 atom stereocenters. The number of sulfonamides is 1. The quantitative estimate of drug-likeness (QED) is 0.710. The van der Waals surface area contributed by atoms with Crippen LogP contribution in [0, 0.1) is 5.82 Å². The van der Waals surface area contributed by atoms with Crippen molar-refractivity contribution in [3.05, 3.63) is 35.6 Å². The van der Waals surface area contributed by atoms with Gasteiger partial charge in [-0.2, -0.15) is 0 Å². The van der Waals surface area contributed by atoms with Gasteiger partial charge in [-0.05, 0) is 31.0 Å². The zero-order valence-electron chi connectivity index (χ0n) is 11.4. The van der Waals surface area contributed by atoms with Crippen molar-refractivity contribution in [2.24, 2.45) is 0 Å². The van der Waals surface area contributed by atoms with Crippen molar-refractivity contribution in [1.29, 1.82) is 0 Å². The summed E-state index contributed by atoms with van der Waals surface area (Å²) in [5, 5.41) is 2.60. The van der Waals surface area contributed by atoms with E-state index < -0.39 is 15.8 Å². The van der Waals surface area contributed by atoms with E-state index in [4.69, 9.17) is 0 Å². The molecule has 1 aromatic carbocycles. The number of amides is 1. The molecule has 0 fully saturated rings. The Bertz CT molecular complexity index is 546. The molecular weight excluding hydrogens is 283 g/mol. The first-order chi connectivity index (χ1) is 9.44. The number of halogens is 1. The van der Waals surface area contributed by atoms with E-state index in [0.29, 0.717) is 19.4 Å². The molecule has 1 rings (SSSR count). The van der Waals surface area contributed by atoms with E-state index in [0.717, 1.165) is 6.07 Å². The first-order valence-corrected chi connectivity index (χ1v) is 8.11. The maximum atomic E-state index is 12.9. The van der Waals surface area contributed by atoms with Crippen LogP contribution < -0.4 is 10.0 Å². The highest BCUT2D eigenvalue weighted by molar-refractivity contribution is 7.89. The van der Waals surface area contributed by atoms with Crippen molar-refractivity contribution >= 4 is 15.9 Å². The molecule has 2 N–H and O–H groups in total. The minimum Gasteiger partial charge on any atom is -0.352 e. The van der Waals surface area contributed by atoms with E-state index in [2.05, 4.69) is 10.0 Å². The van der Waals surface area contributed by atoms with E-state index in [1.54, 1.807) is 6.92 Å². The highest BCUT2D eigenvalue weighted by Crippen LogP contribution is 2.02. The van der Waals surface area contributed by atoms with Gasteiger partial charge in [0, 0.05) is 18.7 Å². The number of carbonyl (C=O) groups is 1. The lowest BCUT2D eigenvalue weighted by Crippen LogP contribution is -2.31. The monoisotopic (exact) mass is 302 g/mol. The molecule has 0 saturated heterocycles. The Morgan fingerprint density at radius 2 is 2.05 bits per heavy atom. The molecule has 0 aromatic heterocycles. The molecule has 0 saturated carbocycles. The van der Waals surface area contributed by atoms with Gasteiger partial charge in [0.15, 0.2) is 0 Å². The fourth-order valence-electron chi connectivity index (χ4n) is 1.59. The third-order valence-corrected chi connectivity index (χ3v) is 4.11. The van der Waals surface area contributed by atoms with Gasteiger partial charge >= 0.3 is 0 Å². The molecule has 0 bridgehead atoms. The normalized spacial score (nSPS) is 11.3. The fraction of sp³-hybridized carbons (Fsp3) is 0.462. The van der Waals surface area contributed by atoms with Gasteiger partial charge in [0.1, 0.15) is 5.82 Å². The third-order valence-electron chi connectivity index (χ3n) is 2.52. The zero-order chi connectivity index (χ0) is 15.0. The standard InChI is InChI=1S/C13H19FN2O3S/c1-2-9-20(18,19)16-8-4-7-15-13(17)11-5-3-6-12(14)10-11/h3,5-6,10,16H,2,4,7-9H2,1H3,(H,15,17). The number of rotatable bonds is 8. The van der Waals surface area contributed by atoms with Gasteiger partial charge in [0.2, 0.25) is 10.0 Å². The number of hydrogen-bond donors (Lipinski definition) is 2. The Kier molecular flexibility index (Phi) is 6.60. The number of nitrogens with one attached hydrogen (secondary N) is 2. The van der Waals surface area contributed by atoms with Crippen LogP contribution in [0.4, 0.5) is 4.39 Å². The lowest BCUT2D eigenvalue weighted by Gasteiger charge is -2.07. The molecule has 0 heterocycles. The molecule has 0 spiro atoms. The summed E-state index contributed by atoms with van der Waals surface area (Å²) in [7, 11) is -3.20. The van der Waals surface area contributed by atoms with Gasteiger partial charge in [0.05, 0.1) is 5.75 Å². The van der Waals surface area contributed by atoms with Gasteiger partial charge in [0.25, 0.3) is 5.91 Å². The second-order valence-corrected chi connectivity index (χ2v) is 6.26. The summed E-state index contributed by atoms with van der Waals surface area (Å²) < 4.78 is 38.1. The van der Waals surface area contributed by atoms with Crippen LogP contribution in [0.3, 0.4) is 0 Å². The molecule has 1 amide bonds. The van der Waals surface area contributed by atoms with Crippen molar-refractivity contribution < 1.29 is 17.6 Å². The van der Waals surface area contributed by atoms with E-state index in [9.17, 15) is 17.6 Å². The Morgan fingerprint density at radius 3 is 2.70 bits per heavy atom. The van der Waals surface area contributed by atoms with Crippen LogP contribution >= 0.6 is 0 Å². The van der Waals surface area contributed by atoms with Gasteiger partial charge in [-0.1, -0.05) is 13.0 Å². The zero-order valence-corrected chi connectivity index (χ0v) is 12.2. The number of carbonyl (C=O) groups excluding carboxylic acids is 1. The van der Waals surface area contributed by atoms with Crippen molar-refractivity contribution in [1.82, 2.24) is 10.0 Å². The van der Waals surface area contributed by atoms with Crippen molar-refractivity contribution in [2.45, 2.75) is 19.8 Å². The first-order valence-electron chi connectivity index (χ1n) is 6.45. The van der Waals surface area contributed by atoms with Gasteiger partial charge in [-0.25, -0.2) is 17.5 Å². The van der Waals surface area contributed by atoms with Crippen LogP contribution in [0.25, 0.3) is 0 Å². The molecule has 0 aliphatic rings. The van der Waals surface area contributed by atoms with Crippen molar-refractivity contribution in [3.8, 4) is 0 Å². The fourth-order valence-corrected chi connectivity index (χ4v) is 2.73. The summed E-state index contributed by atoms with van der Waals surface area (Å²) in [5.41, 5.74) is 0.247. The topological polar surface area (TPSA) is 75.3 Å². The summed E-state index contributed by atoms with van der Waals surface area (Å²) in [6, 6.07) is 5.39. The molecule has 0 aliphatic heterocycles. The highest BCUT2D eigenvalue weighted by atomic mass is 32.2. The highest BCUT2D eigenvalue weighted by Gasteiger charge is 2.08. The van der Waals surface area contributed by atoms with Crippen LogP contribution in [0.1, 0.15) is 30.1 Å². The minimum atomic E-state index is -3.20. The van der Waals surface area contributed by atoms with Crippen LogP contribution in [-0.2, 0) is 10.0 Å². The smallest absolute Gasteiger partial charge is 0.251 e. The molecule has 112 valence electrons. The number of benzene rings is 1. The van der Waals surface area contributed by atoms with Crippen molar-refractivity contribution in [3.63, 3.8) is 0 Å². The summed E-state index contributed by atoms with van der Waals surface area (Å²) in [6.45, 7) is 2.38.